The van der Waals surface area contributed by atoms with Gasteiger partial charge < -0.3 is 15.0 Å². The molecule has 0 aliphatic rings. The number of nitrogens with zero attached hydrogens (tertiary/aromatic N) is 2. The number of carbonyl (C=O) groups is 2. The summed E-state index contributed by atoms with van der Waals surface area (Å²) in [6.07, 6.45) is 1.73. The summed E-state index contributed by atoms with van der Waals surface area (Å²) in [4.78, 5) is 28.6. The molecule has 3 aromatic carbocycles. The number of anilines is 1. The van der Waals surface area contributed by atoms with Crippen LogP contribution in [0.3, 0.4) is 0 Å². The Labute approximate surface area is 251 Å². The number of carbonyl (C=O) groups excluding carboxylic acids is 2. The molecule has 1 atom stereocenters. The minimum absolute atomic E-state index is 0.0456. The number of benzene rings is 3. The Kier molecular flexibility index (Phi) is 11.4. The Morgan fingerprint density at radius 3 is 2.22 bits per heavy atom. The number of hydrogen-bond donors (Lipinski definition) is 1. The number of halogens is 1. The maximum Gasteiger partial charge on any atom is 0.264 e. The molecule has 41 heavy (non-hydrogen) atoms. The monoisotopic (exact) mass is 643 g/mol. The van der Waals surface area contributed by atoms with Crippen LogP contribution in [0.4, 0.5) is 5.69 Å². The van der Waals surface area contributed by atoms with Crippen molar-refractivity contribution in [2.75, 3.05) is 24.5 Å². The molecule has 1 N–H and O–H groups in total. The average molecular weight is 645 g/mol. The van der Waals surface area contributed by atoms with E-state index in [9.17, 15) is 18.0 Å². The predicted octanol–water partition coefficient (Wildman–Crippen LogP) is 5.60. The Hall–Kier alpha value is -3.37. The molecule has 0 fully saturated rings. The molecule has 3 rings (SSSR count). The maximum atomic E-state index is 14.1. The Balaban J connectivity index is 2.06. The third-order valence-corrected chi connectivity index (χ3v) is 9.06. The van der Waals surface area contributed by atoms with Crippen molar-refractivity contribution in [3.63, 3.8) is 0 Å². The van der Waals surface area contributed by atoms with Gasteiger partial charge in [-0.3, -0.25) is 13.9 Å². The third-order valence-electron chi connectivity index (χ3n) is 6.75. The summed E-state index contributed by atoms with van der Waals surface area (Å²) >= 11 is 3.42. The van der Waals surface area contributed by atoms with E-state index in [0.29, 0.717) is 12.3 Å². The Bertz CT molecular complexity index is 1440. The smallest absolute Gasteiger partial charge is 0.264 e. The molecule has 0 spiro atoms. The predicted molar refractivity (Wildman–Crippen MR) is 166 cm³/mol. The first-order valence-electron chi connectivity index (χ1n) is 13.5. The topological polar surface area (TPSA) is 96.0 Å². The molecule has 8 nitrogen and oxygen atoms in total. The zero-order valence-electron chi connectivity index (χ0n) is 24.2. The van der Waals surface area contributed by atoms with Gasteiger partial charge in [0.25, 0.3) is 10.0 Å². The van der Waals surface area contributed by atoms with Crippen LogP contribution in [0.2, 0.25) is 0 Å². The molecule has 0 saturated heterocycles. The third kappa shape index (κ3) is 8.33. The Morgan fingerprint density at radius 1 is 0.976 bits per heavy atom. The fourth-order valence-electron chi connectivity index (χ4n) is 4.25. The number of nitrogens with one attached hydrogen (secondary N) is 1. The van der Waals surface area contributed by atoms with Crippen LogP contribution >= 0.6 is 15.9 Å². The molecular formula is C31H38BrN3O5S. The number of sulfonamides is 1. The summed E-state index contributed by atoms with van der Waals surface area (Å²) in [6.45, 7) is 7.48. The van der Waals surface area contributed by atoms with E-state index in [2.05, 4.69) is 21.2 Å². The van der Waals surface area contributed by atoms with E-state index in [0.717, 1.165) is 38.3 Å². The average Bonchev–Trinajstić information content (AvgIpc) is 2.95. The van der Waals surface area contributed by atoms with Gasteiger partial charge in [-0.1, -0.05) is 65.2 Å². The van der Waals surface area contributed by atoms with Gasteiger partial charge in [-0.15, -0.1) is 0 Å². The first-order chi connectivity index (χ1) is 19.5. The van der Waals surface area contributed by atoms with Gasteiger partial charge in [0.2, 0.25) is 11.8 Å². The normalized spacial score (nSPS) is 12.0. The van der Waals surface area contributed by atoms with Crippen LogP contribution in [0.15, 0.2) is 76.1 Å². The van der Waals surface area contributed by atoms with E-state index in [4.69, 9.17) is 4.74 Å². The van der Waals surface area contributed by atoms with E-state index >= 15 is 0 Å². The second-order valence-electron chi connectivity index (χ2n) is 9.97. The standard InChI is InChI=1S/C31H38BrN3O5S/c1-6-7-18-33-31(37)24(4)34(20-25-11-13-26(32)14-12-25)30(36)21-35(28-19-23(3)10-17-29(28)40-5)41(38,39)27-15-8-22(2)9-16-27/h8-17,19,24H,6-7,18,20-21H2,1-5H3,(H,33,37). The number of rotatable bonds is 13. The van der Waals surface area contributed by atoms with Crippen LogP contribution in [0.25, 0.3) is 0 Å². The second-order valence-corrected chi connectivity index (χ2v) is 12.7. The highest BCUT2D eigenvalue weighted by Gasteiger charge is 2.33. The SMILES string of the molecule is CCCCNC(=O)C(C)N(Cc1ccc(Br)cc1)C(=O)CN(c1cc(C)ccc1OC)S(=O)(=O)c1ccc(C)cc1. The molecule has 1 unspecified atom stereocenters. The largest absolute Gasteiger partial charge is 0.495 e. The van der Waals surface area contributed by atoms with Gasteiger partial charge in [-0.2, -0.15) is 0 Å². The van der Waals surface area contributed by atoms with Crippen molar-refractivity contribution in [3.05, 3.63) is 87.9 Å². The number of unbranched alkanes of at least 4 members (excludes halogenated alkanes) is 1. The molecular weight excluding hydrogens is 606 g/mol. The number of methoxy groups -OCH3 is 1. The number of aryl methyl sites for hydroxylation is 2. The van der Waals surface area contributed by atoms with Crippen molar-refractivity contribution in [3.8, 4) is 5.75 Å². The number of amides is 2. The van der Waals surface area contributed by atoms with Crippen molar-refractivity contribution in [1.82, 2.24) is 10.2 Å². The van der Waals surface area contributed by atoms with E-state index in [1.807, 2.05) is 51.1 Å². The lowest BCUT2D eigenvalue weighted by Crippen LogP contribution is -2.51. The highest BCUT2D eigenvalue weighted by atomic mass is 79.9. The van der Waals surface area contributed by atoms with E-state index in [-0.39, 0.29) is 23.0 Å². The molecule has 0 bridgehead atoms. The molecule has 0 aliphatic heterocycles. The summed E-state index contributed by atoms with van der Waals surface area (Å²) in [7, 11) is -2.74. The van der Waals surface area contributed by atoms with Crippen molar-refractivity contribution in [1.29, 1.82) is 0 Å². The lowest BCUT2D eigenvalue weighted by molar-refractivity contribution is -0.139. The first kappa shape index (κ1) is 32.1. The summed E-state index contributed by atoms with van der Waals surface area (Å²) < 4.78 is 35.6. The zero-order chi connectivity index (χ0) is 30.2. The lowest BCUT2D eigenvalue weighted by atomic mass is 10.1. The van der Waals surface area contributed by atoms with E-state index in [1.165, 1.54) is 24.1 Å². The van der Waals surface area contributed by atoms with Crippen LogP contribution < -0.4 is 14.4 Å². The molecule has 0 heterocycles. The quantitative estimate of drug-likeness (QED) is 0.245. The molecule has 0 saturated carbocycles. The van der Waals surface area contributed by atoms with Crippen LogP contribution in [0, 0.1) is 13.8 Å². The fraction of sp³-hybridized carbons (Fsp3) is 0.355. The van der Waals surface area contributed by atoms with Crippen LogP contribution in [0.5, 0.6) is 5.75 Å². The minimum atomic E-state index is -4.19. The van der Waals surface area contributed by atoms with Crippen molar-refractivity contribution in [2.45, 2.75) is 58.0 Å². The fourth-order valence-corrected chi connectivity index (χ4v) is 5.93. The summed E-state index contributed by atoms with van der Waals surface area (Å²) in [5.74, 6) is -0.515. The Morgan fingerprint density at radius 2 is 1.61 bits per heavy atom. The molecule has 0 aromatic heterocycles. The second kappa shape index (κ2) is 14.5. The number of hydrogen-bond acceptors (Lipinski definition) is 5. The van der Waals surface area contributed by atoms with E-state index < -0.39 is 28.5 Å². The molecule has 2 amide bonds. The van der Waals surface area contributed by atoms with Gasteiger partial charge in [0.15, 0.2) is 0 Å². The van der Waals surface area contributed by atoms with Crippen molar-refractivity contribution < 1.29 is 22.7 Å². The van der Waals surface area contributed by atoms with Crippen LogP contribution in [0.1, 0.15) is 43.4 Å². The lowest BCUT2D eigenvalue weighted by Gasteiger charge is -2.32. The molecule has 220 valence electrons. The molecule has 0 aliphatic carbocycles. The van der Waals surface area contributed by atoms with Crippen molar-refractivity contribution >= 4 is 43.5 Å². The van der Waals surface area contributed by atoms with Gasteiger partial charge >= 0.3 is 0 Å². The highest BCUT2D eigenvalue weighted by molar-refractivity contribution is 9.10. The van der Waals surface area contributed by atoms with Crippen molar-refractivity contribution in [2.24, 2.45) is 0 Å². The number of ether oxygens (including phenoxy) is 1. The molecule has 0 radical (unpaired) electrons. The summed E-state index contributed by atoms with van der Waals surface area (Å²) in [6, 6.07) is 18.2. The van der Waals surface area contributed by atoms with Gasteiger partial charge in [0, 0.05) is 17.6 Å². The molecule has 10 heteroatoms. The minimum Gasteiger partial charge on any atom is -0.495 e. The molecule has 3 aromatic rings. The van der Waals surface area contributed by atoms with Crippen LogP contribution in [-0.4, -0.2) is 51.4 Å². The zero-order valence-corrected chi connectivity index (χ0v) is 26.6. The summed E-state index contributed by atoms with van der Waals surface area (Å²) in [5, 5.41) is 2.89. The van der Waals surface area contributed by atoms with Gasteiger partial charge in [-0.05, 0) is 74.7 Å². The van der Waals surface area contributed by atoms with Crippen LogP contribution in [-0.2, 0) is 26.2 Å². The van der Waals surface area contributed by atoms with Gasteiger partial charge in [-0.25, -0.2) is 8.42 Å². The maximum absolute atomic E-state index is 14.1. The first-order valence-corrected chi connectivity index (χ1v) is 15.8. The summed E-state index contributed by atoms with van der Waals surface area (Å²) in [5.41, 5.74) is 2.75. The van der Waals surface area contributed by atoms with Gasteiger partial charge in [0.1, 0.15) is 18.3 Å². The highest BCUT2D eigenvalue weighted by Crippen LogP contribution is 2.34. The van der Waals surface area contributed by atoms with Gasteiger partial charge in [0.05, 0.1) is 17.7 Å². The van der Waals surface area contributed by atoms with E-state index in [1.54, 1.807) is 31.2 Å².